The van der Waals surface area contributed by atoms with Crippen LogP contribution in [0.1, 0.15) is 36.1 Å². The summed E-state index contributed by atoms with van der Waals surface area (Å²) in [4.78, 5) is 36.8. The Kier molecular flexibility index (Phi) is 5.54. The Morgan fingerprint density at radius 2 is 1.89 bits per heavy atom. The minimum absolute atomic E-state index is 0.109. The van der Waals surface area contributed by atoms with Gasteiger partial charge in [0.2, 0.25) is 0 Å². The lowest BCUT2D eigenvalue weighted by Gasteiger charge is -2.05. The van der Waals surface area contributed by atoms with E-state index in [-0.39, 0.29) is 21.1 Å². The van der Waals surface area contributed by atoms with Crippen LogP contribution in [-0.2, 0) is 16.1 Å². The van der Waals surface area contributed by atoms with Gasteiger partial charge in [0.05, 0.1) is 19.8 Å². The number of carbonyl (C=O) groups excluding carboxylic acids is 3. The number of amides is 1. The summed E-state index contributed by atoms with van der Waals surface area (Å²) in [6, 6.07) is 3.32. The number of hydrogen-bond acceptors (Lipinski definition) is 8. The summed E-state index contributed by atoms with van der Waals surface area (Å²) < 4.78 is 12.7. The van der Waals surface area contributed by atoms with E-state index in [1.165, 1.54) is 14.2 Å². The first-order chi connectivity index (χ1) is 13.4. The van der Waals surface area contributed by atoms with Crippen LogP contribution in [0.2, 0.25) is 0 Å². The summed E-state index contributed by atoms with van der Waals surface area (Å²) in [5.41, 5.74) is 0.633. The highest BCUT2D eigenvalue weighted by Crippen LogP contribution is 2.34. The highest BCUT2D eigenvalue weighted by atomic mass is 32.1. The van der Waals surface area contributed by atoms with Crippen molar-refractivity contribution in [2.75, 3.05) is 19.5 Å². The molecule has 3 heterocycles. The highest BCUT2D eigenvalue weighted by molar-refractivity contribution is 7.18. The van der Waals surface area contributed by atoms with E-state index >= 15 is 0 Å². The predicted molar refractivity (Wildman–Crippen MR) is 99.5 cm³/mol. The van der Waals surface area contributed by atoms with Gasteiger partial charge in [0, 0.05) is 18.6 Å². The third-order valence-corrected chi connectivity index (χ3v) is 5.04. The lowest BCUT2D eigenvalue weighted by atomic mass is 10.1. The van der Waals surface area contributed by atoms with Gasteiger partial charge in [-0.2, -0.15) is 10.2 Å². The second-order valence-electron chi connectivity index (χ2n) is 5.62. The number of esters is 2. The van der Waals surface area contributed by atoms with Crippen LogP contribution < -0.4 is 5.32 Å². The molecule has 11 heteroatoms. The van der Waals surface area contributed by atoms with Gasteiger partial charge >= 0.3 is 11.9 Å². The van der Waals surface area contributed by atoms with E-state index in [0.29, 0.717) is 12.2 Å². The molecule has 10 nitrogen and oxygen atoms in total. The van der Waals surface area contributed by atoms with Gasteiger partial charge < -0.3 is 14.8 Å². The SMILES string of the molecule is COC(=O)c1sc(NC(=O)c2ccn(Cn3cccn3)n2)c(C(=O)OC)c1C. The summed E-state index contributed by atoms with van der Waals surface area (Å²) in [5.74, 6) is -1.79. The number of ether oxygens (including phenoxy) is 2. The van der Waals surface area contributed by atoms with Crippen molar-refractivity contribution in [2.24, 2.45) is 0 Å². The van der Waals surface area contributed by atoms with E-state index in [9.17, 15) is 14.4 Å². The van der Waals surface area contributed by atoms with Gasteiger partial charge in [-0.15, -0.1) is 11.3 Å². The maximum atomic E-state index is 12.6. The molecule has 0 saturated heterocycles. The van der Waals surface area contributed by atoms with Crippen molar-refractivity contribution in [1.82, 2.24) is 19.6 Å². The van der Waals surface area contributed by atoms with Crippen LogP contribution >= 0.6 is 11.3 Å². The Bertz CT molecular complexity index is 1020. The molecule has 3 rings (SSSR count). The molecule has 146 valence electrons. The second kappa shape index (κ2) is 8.05. The minimum atomic E-state index is -0.664. The van der Waals surface area contributed by atoms with Gasteiger partial charge in [0.1, 0.15) is 16.5 Å². The Hall–Kier alpha value is -3.47. The molecule has 1 amide bonds. The molecule has 3 aromatic rings. The minimum Gasteiger partial charge on any atom is -0.465 e. The number of anilines is 1. The molecule has 0 saturated carbocycles. The summed E-state index contributed by atoms with van der Waals surface area (Å²) in [7, 11) is 2.46. The van der Waals surface area contributed by atoms with Crippen molar-refractivity contribution in [2.45, 2.75) is 13.6 Å². The third-order valence-electron chi connectivity index (χ3n) is 3.86. The van der Waals surface area contributed by atoms with Crippen LogP contribution in [-0.4, -0.2) is 51.6 Å². The zero-order valence-corrected chi connectivity index (χ0v) is 16.1. The van der Waals surface area contributed by atoms with E-state index in [1.54, 1.807) is 47.0 Å². The number of hydrogen-bond donors (Lipinski definition) is 1. The van der Waals surface area contributed by atoms with Crippen LogP contribution in [0.3, 0.4) is 0 Å². The average molecular weight is 403 g/mol. The summed E-state index contributed by atoms with van der Waals surface area (Å²) in [5, 5.41) is 11.1. The molecule has 28 heavy (non-hydrogen) atoms. The van der Waals surface area contributed by atoms with Crippen molar-refractivity contribution < 1.29 is 23.9 Å². The van der Waals surface area contributed by atoms with Crippen LogP contribution in [0.4, 0.5) is 5.00 Å². The van der Waals surface area contributed by atoms with Crippen molar-refractivity contribution in [3.05, 3.63) is 52.4 Å². The molecule has 0 unspecified atom stereocenters. The quantitative estimate of drug-likeness (QED) is 0.623. The molecule has 0 aromatic carbocycles. The Morgan fingerprint density at radius 1 is 1.14 bits per heavy atom. The predicted octanol–water partition coefficient (Wildman–Crippen LogP) is 1.78. The summed E-state index contributed by atoms with van der Waals surface area (Å²) >= 11 is 0.940. The van der Waals surface area contributed by atoms with Crippen molar-refractivity contribution in [1.29, 1.82) is 0 Å². The molecule has 0 radical (unpaired) electrons. The van der Waals surface area contributed by atoms with Crippen molar-refractivity contribution in [3.63, 3.8) is 0 Å². The number of nitrogens with zero attached hydrogens (tertiary/aromatic N) is 4. The fourth-order valence-electron chi connectivity index (χ4n) is 2.50. The highest BCUT2D eigenvalue weighted by Gasteiger charge is 2.27. The Morgan fingerprint density at radius 3 is 2.54 bits per heavy atom. The van der Waals surface area contributed by atoms with E-state index in [1.807, 2.05) is 0 Å². The van der Waals surface area contributed by atoms with E-state index in [0.717, 1.165) is 11.3 Å². The average Bonchev–Trinajstić information content (AvgIpc) is 3.42. The second-order valence-corrected chi connectivity index (χ2v) is 6.65. The lowest BCUT2D eigenvalue weighted by Crippen LogP contribution is -2.16. The Balaban J connectivity index is 1.84. The van der Waals surface area contributed by atoms with Crippen LogP contribution in [0, 0.1) is 6.92 Å². The molecular formula is C17H17N5O5S. The molecule has 0 aliphatic heterocycles. The van der Waals surface area contributed by atoms with Gasteiger partial charge in [-0.05, 0) is 24.6 Å². The van der Waals surface area contributed by atoms with E-state index in [4.69, 9.17) is 9.47 Å². The molecule has 0 fully saturated rings. The van der Waals surface area contributed by atoms with Crippen LogP contribution in [0.5, 0.6) is 0 Å². The van der Waals surface area contributed by atoms with Crippen LogP contribution in [0.25, 0.3) is 0 Å². The topological polar surface area (TPSA) is 117 Å². The van der Waals surface area contributed by atoms with Gasteiger partial charge in [0.25, 0.3) is 5.91 Å². The Labute approximate surface area is 163 Å². The standard InChI is InChI=1S/C17H17N5O5S/c1-10-12(16(24)26-2)15(28-13(10)17(25)27-3)19-14(23)11-5-8-22(20-11)9-21-7-4-6-18-21/h4-8H,9H2,1-3H3,(H,19,23). The first-order valence-electron chi connectivity index (χ1n) is 8.06. The number of rotatable bonds is 6. The first kappa shape index (κ1) is 19.3. The zero-order valence-electron chi connectivity index (χ0n) is 15.3. The monoisotopic (exact) mass is 403 g/mol. The van der Waals surface area contributed by atoms with Crippen molar-refractivity contribution in [3.8, 4) is 0 Å². The van der Waals surface area contributed by atoms with Crippen molar-refractivity contribution >= 4 is 34.2 Å². The summed E-state index contributed by atoms with van der Waals surface area (Å²) in [6.07, 6.45) is 5.05. The maximum absolute atomic E-state index is 12.6. The lowest BCUT2D eigenvalue weighted by molar-refractivity contribution is 0.0601. The largest absolute Gasteiger partial charge is 0.465 e. The zero-order chi connectivity index (χ0) is 20.3. The van der Waals surface area contributed by atoms with E-state index in [2.05, 4.69) is 15.5 Å². The molecule has 1 N–H and O–H groups in total. The third kappa shape index (κ3) is 3.78. The van der Waals surface area contributed by atoms with Gasteiger partial charge in [-0.1, -0.05) is 0 Å². The molecule has 0 spiro atoms. The van der Waals surface area contributed by atoms with Gasteiger partial charge in [-0.3, -0.25) is 14.2 Å². The molecule has 0 bridgehead atoms. The number of thiophene rings is 1. The number of nitrogens with one attached hydrogen (secondary N) is 1. The molecule has 0 atom stereocenters. The number of carbonyl (C=O) groups is 3. The molecular weight excluding hydrogens is 386 g/mol. The normalized spacial score (nSPS) is 10.5. The first-order valence-corrected chi connectivity index (χ1v) is 8.88. The molecule has 0 aliphatic carbocycles. The number of aromatic nitrogens is 4. The van der Waals surface area contributed by atoms with Gasteiger partial charge in [-0.25, -0.2) is 9.59 Å². The fourth-order valence-corrected chi connectivity index (χ4v) is 3.61. The molecule has 3 aromatic heterocycles. The van der Waals surface area contributed by atoms with E-state index < -0.39 is 17.8 Å². The smallest absolute Gasteiger partial charge is 0.348 e. The summed E-state index contributed by atoms with van der Waals surface area (Å²) in [6.45, 7) is 1.93. The maximum Gasteiger partial charge on any atom is 0.348 e. The number of methoxy groups -OCH3 is 2. The fraction of sp³-hybridized carbons (Fsp3) is 0.235. The van der Waals surface area contributed by atoms with Gasteiger partial charge in [0.15, 0.2) is 5.69 Å². The van der Waals surface area contributed by atoms with Crippen LogP contribution in [0.15, 0.2) is 30.7 Å². The molecule has 0 aliphatic rings.